The molecule has 1 aliphatic rings. The largest absolute Gasteiger partial charge is 0.618 e. The van der Waals surface area contributed by atoms with Crippen LogP contribution in [0.2, 0.25) is 0 Å². The van der Waals surface area contributed by atoms with Crippen molar-refractivity contribution in [3.05, 3.63) is 58.9 Å². The first-order chi connectivity index (χ1) is 10.6. The van der Waals surface area contributed by atoms with Gasteiger partial charge in [0.2, 0.25) is 5.91 Å². The summed E-state index contributed by atoms with van der Waals surface area (Å²) < 4.78 is 0.741. The topological polar surface area (TPSA) is 73.1 Å². The van der Waals surface area contributed by atoms with E-state index in [-0.39, 0.29) is 23.4 Å². The van der Waals surface area contributed by atoms with Crippen LogP contribution in [0.1, 0.15) is 28.8 Å². The van der Waals surface area contributed by atoms with Crippen molar-refractivity contribution in [2.24, 2.45) is 0 Å². The standard InChI is InChI=1S/C16H14N2O3S/c1-10-12-8-11(5-6-13(12)17-16(10)20)14(19)9-22-15-4-2-3-7-18(15)21/h2-8,10H,9H2,1H3,(H,17,20)/t10-/m0/s1. The molecule has 0 spiro atoms. The lowest BCUT2D eigenvalue weighted by molar-refractivity contribution is -0.645. The Morgan fingerprint density at radius 1 is 1.36 bits per heavy atom. The van der Waals surface area contributed by atoms with Crippen LogP contribution < -0.4 is 10.0 Å². The van der Waals surface area contributed by atoms with Gasteiger partial charge in [0.25, 0.3) is 5.03 Å². The second-order valence-corrected chi connectivity index (χ2v) is 6.09. The van der Waals surface area contributed by atoms with Crippen LogP contribution in [-0.4, -0.2) is 17.4 Å². The molecule has 6 heteroatoms. The Bertz CT molecular complexity index is 761. The molecule has 1 aromatic heterocycles. The number of nitrogens with zero attached hydrogens (tertiary/aromatic N) is 1. The fraction of sp³-hybridized carbons (Fsp3) is 0.188. The van der Waals surface area contributed by atoms with Crippen molar-refractivity contribution in [1.82, 2.24) is 0 Å². The summed E-state index contributed by atoms with van der Waals surface area (Å²) in [6.07, 6.45) is 1.40. The number of anilines is 1. The third kappa shape index (κ3) is 2.69. The lowest BCUT2D eigenvalue weighted by atomic mass is 9.99. The zero-order valence-corrected chi connectivity index (χ0v) is 12.7. The number of hydrogen-bond donors (Lipinski definition) is 1. The highest BCUT2D eigenvalue weighted by atomic mass is 32.2. The number of hydrogen-bond acceptors (Lipinski definition) is 4. The van der Waals surface area contributed by atoms with Crippen LogP contribution in [0.25, 0.3) is 0 Å². The van der Waals surface area contributed by atoms with Gasteiger partial charge in [0.1, 0.15) is 0 Å². The second kappa shape index (κ2) is 5.81. The first-order valence-corrected chi connectivity index (χ1v) is 7.84. The van der Waals surface area contributed by atoms with E-state index in [0.29, 0.717) is 10.6 Å². The molecular weight excluding hydrogens is 300 g/mol. The Morgan fingerprint density at radius 3 is 2.95 bits per heavy atom. The molecule has 5 nitrogen and oxygen atoms in total. The number of Topliss-reactive ketones (excluding diaryl/α,β-unsaturated/α-hetero) is 1. The molecule has 2 aromatic rings. The minimum atomic E-state index is -0.242. The SMILES string of the molecule is C[C@@H]1C(=O)Nc2ccc(C(=O)CSc3cccc[n+]3[O-])cc21. The number of nitrogens with one attached hydrogen (secondary N) is 1. The summed E-state index contributed by atoms with van der Waals surface area (Å²) in [6, 6.07) is 10.3. The van der Waals surface area contributed by atoms with Gasteiger partial charge in [-0.1, -0.05) is 0 Å². The van der Waals surface area contributed by atoms with Crippen molar-refractivity contribution in [3.8, 4) is 0 Å². The number of aromatic nitrogens is 1. The van der Waals surface area contributed by atoms with Crippen LogP contribution in [-0.2, 0) is 4.79 Å². The summed E-state index contributed by atoms with van der Waals surface area (Å²) in [5.41, 5.74) is 2.17. The van der Waals surface area contributed by atoms with Crippen LogP contribution in [0.5, 0.6) is 0 Å². The van der Waals surface area contributed by atoms with Crippen molar-refractivity contribution in [2.75, 3.05) is 11.1 Å². The molecule has 1 aliphatic heterocycles. The minimum absolute atomic E-state index is 0.0503. The average Bonchev–Trinajstić information content (AvgIpc) is 2.81. The number of pyridine rings is 1. The fourth-order valence-corrected chi connectivity index (χ4v) is 3.15. The van der Waals surface area contributed by atoms with Crippen LogP contribution in [0.3, 0.4) is 0 Å². The molecule has 22 heavy (non-hydrogen) atoms. The number of amides is 1. The molecule has 2 heterocycles. The molecule has 0 fully saturated rings. The highest BCUT2D eigenvalue weighted by molar-refractivity contribution is 7.99. The Labute approximate surface area is 131 Å². The molecule has 0 saturated heterocycles. The van der Waals surface area contributed by atoms with Crippen molar-refractivity contribution in [2.45, 2.75) is 17.9 Å². The highest BCUT2D eigenvalue weighted by Crippen LogP contribution is 2.33. The van der Waals surface area contributed by atoms with Crippen molar-refractivity contribution >= 4 is 29.1 Å². The number of fused-ring (bicyclic) bond motifs is 1. The molecule has 0 bridgehead atoms. The Balaban J connectivity index is 1.74. The maximum absolute atomic E-state index is 12.3. The Hall–Kier alpha value is -2.34. The van der Waals surface area contributed by atoms with Gasteiger partial charge in [-0.05, 0) is 48.5 Å². The van der Waals surface area contributed by atoms with E-state index in [2.05, 4.69) is 5.32 Å². The van der Waals surface area contributed by atoms with Crippen LogP contribution in [0.15, 0.2) is 47.6 Å². The van der Waals surface area contributed by atoms with Gasteiger partial charge in [0.05, 0.1) is 11.7 Å². The minimum Gasteiger partial charge on any atom is -0.618 e. The number of ketones is 1. The smallest absolute Gasteiger partial charge is 0.251 e. The first-order valence-electron chi connectivity index (χ1n) is 6.85. The van der Waals surface area contributed by atoms with E-state index in [1.807, 2.05) is 6.92 Å². The molecule has 0 aliphatic carbocycles. The maximum atomic E-state index is 12.3. The summed E-state index contributed by atoms with van der Waals surface area (Å²) >= 11 is 1.20. The van der Waals surface area contributed by atoms with E-state index in [0.717, 1.165) is 16.0 Å². The number of benzene rings is 1. The van der Waals surface area contributed by atoms with E-state index in [1.165, 1.54) is 18.0 Å². The quantitative estimate of drug-likeness (QED) is 0.407. The summed E-state index contributed by atoms with van der Waals surface area (Å²) in [4.78, 5) is 23.9. The van der Waals surface area contributed by atoms with Crippen molar-refractivity contribution in [3.63, 3.8) is 0 Å². The molecule has 112 valence electrons. The highest BCUT2D eigenvalue weighted by Gasteiger charge is 2.27. The summed E-state index contributed by atoms with van der Waals surface area (Å²) in [6.45, 7) is 1.81. The molecule has 1 atom stereocenters. The van der Waals surface area contributed by atoms with E-state index in [1.54, 1.807) is 36.4 Å². The van der Waals surface area contributed by atoms with Crippen LogP contribution >= 0.6 is 11.8 Å². The molecule has 0 saturated carbocycles. The normalized spacial score (nSPS) is 16.2. The van der Waals surface area contributed by atoms with E-state index in [9.17, 15) is 14.8 Å². The molecule has 3 rings (SSSR count). The number of carbonyl (C=O) groups excluding carboxylic acids is 2. The molecule has 0 radical (unpaired) electrons. The Morgan fingerprint density at radius 2 is 2.18 bits per heavy atom. The van der Waals surface area contributed by atoms with Gasteiger partial charge in [-0.15, -0.1) is 0 Å². The molecule has 1 aromatic carbocycles. The third-order valence-corrected chi connectivity index (χ3v) is 4.65. The van der Waals surface area contributed by atoms with Gasteiger partial charge in [-0.3, -0.25) is 9.59 Å². The summed E-state index contributed by atoms with van der Waals surface area (Å²) in [5.74, 6) is -0.178. The summed E-state index contributed by atoms with van der Waals surface area (Å²) in [7, 11) is 0. The van der Waals surface area contributed by atoms with Gasteiger partial charge in [-0.25, -0.2) is 0 Å². The molecule has 1 N–H and O–H groups in total. The second-order valence-electron chi connectivity index (χ2n) is 5.09. The third-order valence-electron chi connectivity index (χ3n) is 3.63. The fourth-order valence-electron chi connectivity index (χ4n) is 2.34. The molecule has 0 unspecified atom stereocenters. The zero-order valence-electron chi connectivity index (χ0n) is 11.9. The predicted molar refractivity (Wildman–Crippen MR) is 83.9 cm³/mol. The van der Waals surface area contributed by atoms with E-state index >= 15 is 0 Å². The maximum Gasteiger partial charge on any atom is 0.251 e. The number of rotatable bonds is 4. The zero-order chi connectivity index (χ0) is 15.7. The number of carbonyl (C=O) groups is 2. The van der Waals surface area contributed by atoms with E-state index < -0.39 is 0 Å². The monoisotopic (exact) mass is 314 g/mol. The van der Waals surface area contributed by atoms with E-state index in [4.69, 9.17) is 0 Å². The van der Waals surface area contributed by atoms with Crippen molar-refractivity contribution < 1.29 is 14.3 Å². The first kappa shape index (κ1) is 14.6. The number of thioether (sulfide) groups is 1. The lowest BCUT2D eigenvalue weighted by Gasteiger charge is -2.06. The van der Waals surface area contributed by atoms with Gasteiger partial charge < -0.3 is 10.5 Å². The van der Waals surface area contributed by atoms with Gasteiger partial charge in [-0.2, -0.15) is 4.73 Å². The van der Waals surface area contributed by atoms with Gasteiger partial charge in [0, 0.05) is 23.4 Å². The van der Waals surface area contributed by atoms with Crippen LogP contribution in [0.4, 0.5) is 5.69 Å². The predicted octanol–water partition coefficient (Wildman–Crippen LogP) is 2.35. The van der Waals surface area contributed by atoms with Gasteiger partial charge >= 0.3 is 0 Å². The van der Waals surface area contributed by atoms with Gasteiger partial charge in [0.15, 0.2) is 12.0 Å². The van der Waals surface area contributed by atoms with Crippen molar-refractivity contribution in [1.29, 1.82) is 0 Å². The molecular formula is C16H14N2O3S. The molecule has 1 amide bonds. The average molecular weight is 314 g/mol. The summed E-state index contributed by atoms with van der Waals surface area (Å²) in [5, 5.41) is 14.8. The lowest BCUT2D eigenvalue weighted by Crippen LogP contribution is -2.28. The van der Waals surface area contributed by atoms with Crippen LogP contribution in [0, 0.1) is 5.21 Å². The Kier molecular flexibility index (Phi) is 3.85.